The summed E-state index contributed by atoms with van der Waals surface area (Å²) in [6.45, 7) is 2.03. The van der Waals surface area contributed by atoms with Gasteiger partial charge in [-0.1, -0.05) is 17.7 Å². The predicted octanol–water partition coefficient (Wildman–Crippen LogP) is 1.02. The lowest BCUT2D eigenvalue weighted by Crippen LogP contribution is -2.41. The number of imide groups is 1. The number of carbonyl (C=O) groups excluding carboxylic acids is 3. The zero-order valence-electron chi connectivity index (χ0n) is 11.3. The SMILES string of the molecule is CC(OC(=O)c1cccc(Cl)c1N)C(=O)N1CCNC1=O. The summed E-state index contributed by atoms with van der Waals surface area (Å²) < 4.78 is 5.05. The maximum Gasteiger partial charge on any atom is 0.341 e. The number of halogens is 1. The van der Waals surface area contributed by atoms with E-state index in [4.69, 9.17) is 22.1 Å². The Morgan fingerprint density at radius 3 is 2.81 bits per heavy atom. The van der Waals surface area contributed by atoms with Gasteiger partial charge in [0.05, 0.1) is 16.3 Å². The Morgan fingerprint density at radius 1 is 1.48 bits per heavy atom. The standard InChI is InChI=1S/C13H14ClN3O4/c1-7(11(18)17-6-5-16-13(17)20)21-12(19)8-3-2-4-9(14)10(8)15/h2-4,7H,5-6,15H2,1H3,(H,16,20). The van der Waals surface area contributed by atoms with Crippen LogP contribution in [0.3, 0.4) is 0 Å². The predicted molar refractivity (Wildman–Crippen MR) is 75.9 cm³/mol. The van der Waals surface area contributed by atoms with Crippen LogP contribution in [0.1, 0.15) is 17.3 Å². The first-order valence-electron chi connectivity index (χ1n) is 6.26. The first-order chi connectivity index (χ1) is 9.91. The molecular weight excluding hydrogens is 298 g/mol. The lowest BCUT2D eigenvalue weighted by atomic mass is 10.2. The Labute approximate surface area is 126 Å². The van der Waals surface area contributed by atoms with Crippen LogP contribution in [-0.2, 0) is 9.53 Å². The van der Waals surface area contributed by atoms with Gasteiger partial charge >= 0.3 is 12.0 Å². The maximum absolute atomic E-state index is 12.0. The van der Waals surface area contributed by atoms with Crippen molar-refractivity contribution in [1.29, 1.82) is 0 Å². The molecule has 1 aromatic carbocycles. The molecule has 2 rings (SSSR count). The normalized spacial score (nSPS) is 15.5. The van der Waals surface area contributed by atoms with E-state index in [1.807, 2.05) is 0 Å². The number of hydrogen-bond donors (Lipinski definition) is 2. The van der Waals surface area contributed by atoms with Gasteiger partial charge in [0.15, 0.2) is 6.10 Å². The fourth-order valence-electron chi connectivity index (χ4n) is 1.89. The van der Waals surface area contributed by atoms with E-state index in [2.05, 4.69) is 5.32 Å². The van der Waals surface area contributed by atoms with E-state index >= 15 is 0 Å². The number of nitrogens with zero attached hydrogens (tertiary/aromatic N) is 1. The smallest absolute Gasteiger partial charge is 0.341 e. The fraction of sp³-hybridized carbons (Fsp3) is 0.308. The first-order valence-corrected chi connectivity index (χ1v) is 6.63. The molecule has 1 fully saturated rings. The van der Waals surface area contributed by atoms with Crippen LogP contribution in [0.4, 0.5) is 10.5 Å². The molecule has 1 aliphatic heterocycles. The molecule has 1 aromatic rings. The largest absolute Gasteiger partial charge is 0.449 e. The second-order valence-electron chi connectivity index (χ2n) is 4.47. The Hall–Kier alpha value is -2.28. The molecule has 0 aromatic heterocycles. The highest BCUT2D eigenvalue weighted by Crippen LogP contribution is 2.23. The molecular formula is C13H14ClN3O4. The fourth-order valence-corrected chi connectivity index (χ4v) is 2.07. The van der Waals surface area contributed by atoms with Crippen LogP contribution in [0.2, 0.25) is 5.02 Å². The van der Waals surface area contributed by atoms with Gasteiger partial charge in [-0.25, -0.2) is 9.59 Å². The zero-order chi connectivity index (χ0) is 15.6. The van der Waals surface area contributed by atoms with Crippen LogP contribution in [0.15, 0.2) is 18.2 Å². The Morgan fingerprint density at radius 2 is 2.19 bits per heavy atom. The van der Waals surface area contributed by atoms with E-state index in [9.17, 15) is 14.4 Å². The van der Waals surface area contributed by atoms with Gasteiger partial charge in [0.2, 0.25) is 0 Å². The van der Waals surface area contributed by atoms with E-state index in [-0.39, 0.29) is 22.8 Å². The first kappa shape index (κ1) is 15.1. The molecule has 0 saturated carbocycles. The number of para-hydroxylation sites is 1. The van der Waals surface area contributed by atoms with Crippen LogP contribution in [0.5, 0.6) is 0 Å². The van der Waals surface area contributed by atoms with Crippen molar-refractivity contribution >= 4 is 35.2 Å². The average Bonchev–Trinajstić information content (AvgIpc) is 2.87. The maximum atomic E-state index is 12.0. The Bertz CT molecular complexity index is 605. The molecule has 0 spiro atoms. The van der Waals surface area contributed by atoms with Gasteiger partial charge in [0, 0.05) is 13.1 Å². The average molecular weight is 312 g/mol. The molecule has 7 nitrogen and oxygen atoms in total. The Kier molecular flexibility index (Phi) is 4.32. The van der Waals surface area contributed by atoms with Crippen molar-refractivity contribution in [3.8, 4) is 0 Å². The highest BCUT2D eigenvalue weighted by molar-refractivity contribution is 6.33. The van der Waals surface area contributed by atoms with E-state index in [1.165, 1.54) is 19.1 Å². The lowest BCUT2D eigenvalue weighted by molar-refractivity contribution is -0.136. The molecule has 1 heterocycles. The van der Waals surface area contributed by atoms with E-state index in [1.54, 1.807) is 6.07 Å². The number of urea groups is 1. The summed E-state index contributed by atoms with van der Waals surface area (Å²) in [7, 11) is 0. The topological polar surface area (TPSA) is 102 Å². The van der Waals surface area contributed by atoms with Crippen LogP contribution in [-0.4, -0.2) is 42.0 Å². The summed E-state index contributed by atoms with van der Waals surface area (Å²) in [5.41, 5.74) is 5.85. The van der Waals surface area contributed by atoms with Gasteiger partial charge in [-0.15, -0.1) is 0 Å². The summed E-state index contributed by atoms with van der Waals surface area (Å²) in [5.74, 6) is -1.35. The van der Waals surface area contributed by atoms with E-state index < -0.39 is 24.0 Å². The molecule has 0 aliphatic carbocycles. The van der Waals surface area contributed by atoms with Crippen LogP contribution in [0, 0.1) is 0 Å². The van der Waals surface area contributed by atoms with E-state index in [0.29, 0.717) is 6.54 Å². The van der Waals surface area contributed by atoms with Crippen LogP contribution in [0.25, 0.3) is 0 Å². The molecule has 1 unspecified atom stereocenters. The number of ether oxygens (including phenoxy) is 1. The molecule has 21 heavy (non-hydrogen) atoms. The summed E-state index contributed by atoms with van der Waals surface area (Å²) in [6, 6.07) is 4.04. The summed E-state index contributed by atoms with van der Waals surface area (Å²) in [5, 5.41) is 2.72. The number of benzene rings is 1. The number of esters is 1. The van der Waals surface area contributed by atoms with Gasteiger partial charge in [0.25, 0.3) is 5.91 Å². The lowest BCUT2D eigenvalue weighted by Gasteiger charge is -2.18. The number of hydrogen-bond acceptors (Lipinski definition) is 5. The highest BCUT2D eigenvalue weighted by Gasteiger charge is 2.32. The van der Waals surface area contributed by atoms with Crippen LogP contribution < -0.4 is 11.1 Å². The number of anilines is 1. The highest BCUT2D eigenvalue weighted by atomic mass is 35.5. The van der Waals surface area contributed by atoms with Crippen molar-refractivity contribution in [2.45, 2.75) is 13.0 Å². The number of nitrogen functional groups attached to an aromatic ring is 1. The second-order valence-corrected chi connectivity index (χ2v) is 4.88. The zero-order valence-corrected chi connectivity index (χ0v) is 12.0. The van der Waals surface area contributed by atoms with Crippen molar-refractivity contribution in [3.63, 3.8) is 0 Å². The molecule has 1 saturated heterocycles. The summed E-state index contributed by atoms with van der Waals surface area (Å²) in [4.78, 5) is 36.4. The quantitative estimate of drug-likeness (QED) is 0.641. The van der Waals surface area contributed by atoms with Gasteiger partial charge in [-0.2, -0.15) is 0 Å². The van der Waals surface area contributed by atoms with Crippen LogP contribution >= 0.6 is 11.6 Å². The molecule has 1 atom stereocenters. The number of carbonyl (C=O) groups is 3. The van der Waals surface area contributed by atoms with E-state index in [0.717, 1.165) is 4.90 Å². The minimum Gasteiger partial charge on any atom is -0.449 e. The van der Waals surface area contributed by atoms with Gasteiger partial charge in [-0.05, 0) is 19.1 Å². The third kappa shape index (κ3) is 3.08. The Balaban J connectivity index is 2.07. The second kappa shape index (κ2) is 6.01. The third-order valence-electron chi connectivity index (χ3n) is 3.03. The van der Waals surface area contributed by atoms with Crippen molar-refractivity contribution in [1.82, 2.24) is 10.2 Å². The van der Waals surface area contributed by atoms with Crippen molar-refractivity contribution < 1.29 is 19.1 Å². The molecule has 3 N–H and O–H groups in total. The number of rotatable bonds is 3. The summed E-state index contributed by atoms with van der Waals surface area (Å²) in [6.07, 6.45) is -1.10. The third-order valence-corrected chi connectivity index (χ3v) is 3.36. The minimum absolute atomic E-state index is 0.0769. The monoisotopic (exact) mass is 311 g/mol. The minimum atomic E-state index is -1.10. The molecule has 0 radical (unpaired) electrons. The van der Waals surface area contributed by atoms with Crippen molar-refractivity contribution in [2.75, 3.05) is 18.8 Å². The number of nitrogens with two attached hydrogens (primary N) is 1. The number of amides is 3. The van der Waals surface area contributed by atoms with Gasteiger partial charge in [0.1, 0.15) is 0 Å². The van der Waals surface area contributed by atoms with Crippen molar-refractivity contribution in [2.24, 2.45) is 0 Å². The van der Waals surface area contributed by atoms with Gasteiger partial charge in [-0.3, -0.25) is 9.69 Å². The summed E-state index contributed by atoms with van der Waals surface area (Å²) >= 11 is 5.82. The van der Waals surface area contributed by atoms with Gasteiger partial charge < -0.3 is 15.8 Å². The van der Waals surface area contributed by atoms with Crippen molar-refractivity contribution in [3.05, 3.63) is 28.8 Å². The molecule has 8 heteroatoms. The number of nitrogens with one attached hydrogen (secondary N) is 1. The molecule has 112 valence electrons. The molecule has 3 amide bonds. The molecule has 0 bridgehead atoms. The molecule has 1 aliphatic rings.